The van der Waals surface area contributed by atoms with Crippen molar-refractivity contribution in [3.8, 4) is 0 Å². The Labute approximate surface area is 32.4 Å². The van der Waals surface area contributed by atoms with Crippen molar-refractivity contribution >= 4 is 15.2 Å². The van der Waals surface area contributed by atoms with E-state index in [1.165, 1.54) is 0 Å². The SMILES string of the molecule is O=C(O)C[PH4]. The van der Waals surface area contributed by atoms with Gasteiger partial charge in [0.25, 0.3) is 0 Å². The molecule has 32 valence electrons. The van der Waals surface area contributed by atoms with Gasteiger partial charge in [-0.15, -0.1) is 0 Å². The van der Waals surface area contributed by atoms with Gasteiger partial charge in [-0.1, -0.05) is 0 Å². The van der Waals surface area contributed by atoms with Gasteiger partial charge in [-0.3, -0.25) is 0 Å². The molecule has 0 unspecified atom stereocenters. The molecule has 0 aliphatic heterocycles. The van der Waals surface area contributed by atoms with Crippen molar-refractivity contribution in [2.45, 2.75) is 0 Å². The molecule has 0 amide bonds. The van der Waals surface area contributed by atoms with Gasteiger partial charge in [-0.25, -0.2) is 0 Å². The summed E-state index contributed by atoms with van der Waals surface area (Å²) in [4.78, 5) is 9.40. The molecule has 0 aliphatic carbocycles. The Morgan fingerprint density at radius 1 is 2.00 bits per heavy atom. The molecule has 0 rings (SSSR count). The Hall–Kier alpha value is -0.100. The van der Waals surface area contributed by atoms with Crippen LogP contribution in [0.15, 0.2) is 0 Å². The van der Waals surface area contributed by atoms with E-state index in [0.29, 0.717) is 6.16 Å². The van der Waals surface area contributed by atoms with Crippen LogP contribution in [0, 0.1) is 0 Å². The van der Waals surface area contributed by atoms with Gasteiger partial charge in [0, 0.05) is 0 Å². The first-order valence-corrected chi connectivity index (χ1v) is 2.90. The molecule has 2 nitrogen and oxygen atoms in total. The fourth-order valence-corrected chi connectivity index (χ4v) is 0. The predicted octanol–water partition coefficient (Wildman–Crippen LogP) is -0.589. The third-order valence-electron chi connectivity index (χ3n) is 0.302. The molecule has 0 aromatic heterocycles. The summed E-state index contributed by atoms with van der Waals surface area (Å²) in [6.07, 6.45) is 0.361. The molecule has 0 fully saturated rings. The first kappa shape index (κ1) is 4.90. The monoisotopic (exact) mass is 94.0 g/mol. The number of carboxylic acids is 1. The van der Waals surface area contributed by atoms with E-state index in [1.807, 2.05) is 0 Å². The van der Waals surface area contributed by atoms with Crippen LogP contribution in [-0.4, -0.2) is 17.2 Å². The molecule has 3 heteroatoms. The standard InChI is InChI=1S/C2H7O2P/c3-2(4)1-5/h1H2,5H4,(H,3,4). The average molecular weight is 94.0 g/mol. The third kappa shape index (κ3) is 3.90. The van der Waals surface area contributed by atoms with Crippen LogP contribution in [0.5, 0.6) is 0 Å². The van der Waals surface area contributed by atoms with Crippen molar-refractivity contribution in [3.05, 3.63) is 0 Å². The molecule has 0 bridgehead atoms. The molecule has 0 radical (unpaired) electrons. The van der Waals surface area contributed by atoms with Crippen LogP contribution in [0.3, 0.4) is 0 Å². The van der Waals surface area contributed by atoms with E-state index in [-0.39, 0.29) is 0 Å². The minimum atomic E-state index is -0.684. The first-order valence-electron chi connectivity index (χ1n) is 1.49. The van der Waals surface area contributed by atoms with Crippen molar-refractivity contribution < 1.29 is 9.90 Å². The van der Waals surface area contributed by atoms with Crippen LogP contribution in [0.25, 0.3) is 0 Å². The molecular weight excluding hydrogens is 87.0 g/mol. The van der Waals surface area contributed by atoms with Crippen molar-refractivity contribution in [2.75, 3.05) is 6.16 Å². The van der Waals surface area contributed by atoms with Crippen LogP contribution >= 0.6 is 9.24 Å². The number of hydrogen-bond acceptors (Lipinski definition) is 1. The summed E-state index contributed by atoms with van der Waals surface area (Å²) < 4.78 is 0. The fourth-order valence-electron chi connectivity index (χ4n) is 0. The Bertz CT molecular complexity index is 42.9. The van der Waals surface area contributed by atoms with Gasteiger partial charge in [0.2, 0.25) is 0 Å². The molecule has 0 aromatic rings. The van der Waals surface area contributed by atoms with Crippen LogP contribution in [0.2, 0.25) is 0 Å². The predicted molar refractivity (Wildman–Crippen MR) is 25.0 cm³/mol. The molecular formula is C2H7O2P. The van der Waals surface area contributed by atoms with Crippen molar-refractivity contribution in [1.29, 1.82) is 0 Å². The quantitative estimate of drug-likeness (QED) is 0.441. The van der Waals surface area contributed by atoms with Crippen molar-refractivity contribution in [2.24, 2.45) is 0 Å². The van der Waals surface area contributed by atoms with Crippen LogP contribution < -0.4 is 0 Å². The van der Waals surface area contributed by atoms with Gasteiger partial charge in [0.1, 0.15) is 0 Å². The first-order chi connectivity index (χ1) is 2.27. The second-order valence-corrected chi connectivity index (χ2v) is 1.45. The Balaban J connectivity index is 2.85. The van der Waals surface area contributed by atoms with E-state index < -0.39 is 5.97 Å². The number of rotatable bonds is 1. The Morgan fingerprint density at radius 2 is 2.20 bits per heavy atom. The van der Waals surface area contributed by atoms with Gasteiger partial charge in [-0.2, -0.15) is 0 Å². The number of carbonyl (C=O) groups is 1. The van der Waals surface area contributed by atoms with Crippen molar-refractivity contribution in [3.63, 3.8) is 0 Å². The third-order valence-corrected chi connectivity index (χ3v) is 0.907. The topological polar surface area (TPSA) is 37.3 Å². The maximum absolute atomic E-state index is 9.40. The van der Waals surface area contributed by atoms with Gasteiger partial charge in [0.15, 0.2) is 0 Å². The minimum absolute atomic E-state index is 0.361. The Kier molecular flexibility index (Phi) is 2.11. The summed E-state index contributed by atoms with van der Waals surface area (Å²) in [7, 11) is 0.774. The van der Waals surface area contributed by atoms with E-state index >= 15 is 0 Å². The second kappa shape index (κ2) is 2.16. The van der Waals surface area contributed by atoms with Crippen molar-refractivity contribution in [1.82, 2.24) is 0 Å². The summed E-state index contributed by atoms with van der Waals surface area (Å²) in [5.41, 5.74) is 0. The molecule has 0 saturated carbocycles. The van der Waals surface area contributed by atoms with Crippen LogP contribution in [0.1, 0.15) is 0 Å². The van der Waals surface area contributed by atoms with E-state index in [0.717, 1.165) is 9.24 Å². The summed E-state index contributed by atoms with van der Waals surface area (Å²) in [6.45, 7) is 0. The van der Waals surface area contributed by atoms with Gasteiger partial charge < -0.3 is 0 Å². The van der Waals surface area contributed by atoms with Gasteiger partial charge in [-0.05, 0) is 0 Å². The molecule has 0 spiro atoms. The van der Waals surface area contributed by atoms with E-state index in [9.17, 15) is 4.79 Å². The molecule has 0 aliphatic rings. The normalized spacial score (nSPS) is 7.60. The molecule has 0 heterocycles. The van der Waals surface area contributed by atoms with E-state index in [2.05, 4.69) is 0 Å². The summed E-state index contributed by atoms with van der Waals surface area (Å²) >= 11 is 0. The summed E-state index contributed by atoms with van der Waals surface area (Å²) in [5, 5.41) is 7.76. The summed E-state index contributed by atoms with van der Waals surface area (Å²) in [5.74, 6) is -0.684. The average Bonchev–Trinajstić information content (AvgIpc) is 1.38. The van der Waals surface area contributed by atoms with E-state index in [1.54, 1.807) is 0 Å². The number of carboxylic acid groups (broad SMARTS) is 1. The van der Waals surface area contributed by atoms with Crippen LogP contribution in [0.4, 0.5) is 0 Å². The zero-order chi connectivity index (χ0) is 4.28. The summed E-state index contributed by atoms with van der Waals surface area (Å²) in [6, 6.07) is 0. The van der Waals surface area contributed by atoms with E-state index in [4.69, 9.17) is 5.11 Å². The van der Waals surface area contributed by atoms with Gasteiger partial charge >= 0.3 is 31.3 Å². The number of hydrogen-bond donors (Lipinski definition) is 1. The molecule has 0 aromatic carbocycles. The second-order valence-electron chi connectivity index (χ2n) is 0.747. The molecule has 0 saturated heterocycles. The Morgan fingerprint density at radius 3 is 2.20 bits per heavy atom. The molecule has 5 heavy (non-hydrogen) atoms. The zero-order valence-electron chi connectivity index (χ0n) is 3.06. The maximum atomic E-state index is 9.40. The molecule has 1 N–H and O–H groups in total. The fraction of sp³-hybridized carbons (Fsp3) is 0.500. The number of aliphatic carboxylic acids is 1. The molecule has 0 atom stereocenters. The van der Waals surface area contributed by atoms with Crippen LogP contribution in [-0.2, 0) is 4.79 Å². The van der Waals surface area contributed by atoms with Gasteiger partial charge in [0.05, 0.1) is 0 Å². The zero-order valence-corrected chi connectivity index (χ0v) is 5.06.